The maximum atomic E-state index is 12.3. The van der Waals surface area contributed by atoms with Gasteiger partial charge >= 0.3 is 5.97 Å². The number of hydrogen-bond acceptors (Lipinski definition) is 3. The smallest absolute Gasteiger partial charge is 0.340 e. The molecule has 0 saturated carbocycles. The monoisotopic (exact) mass is 370 g/mol. The minimum absolute atomic E-state index is 0.0576. The quantitative estimate of drug-likeness (QED) is 0.532. The maximum Gasteiger partial charge on any atom is 0.340 e. The molecule has 2 rings (SSSR count). The molecule has 2 aromatic carbocycles. The van der Waals surface area contributed by atoms with Crippen LogP contribution in [0.2, 0.25) is 15.1 Å². The number of benzene rings is 2. The fourth-order valence-corrected chi connectivity index (χ4v) is 2.98. The highest BCUT2D eigenvalue weighted by atomic mass is 35.5. The van der Waals surface area contributed by atoms with Crippen LogP contribution in [0.1, 0.15) is 32.7 Å². The number of ether oxygens (including phenoxy) is 1. The molecule has 0 aliphatic carbocycles. The van der Waals surface area contributed by atoms with Crippen molar-refractivity contribution >= 4 is 46.6 Å². The summed E-state index contributed by atoms with van der Waals surface area (Å²) in [5, 5.41) is 0.814. The number of carbonyl (C=O) groups is 2. The lowest BCUT2D eigenvalue weighted by atomic mass is 10.0. The minimum atomic E-state index is -0.641. The number of rotatable bonds is 5. The molecule has 3 nitrogen and oxygen atoms in total. The molecule has 0 radical (unpaired) electrons. The fraction of sp³-hybridized carbons (Fsp3) is 0.176. The van der Waals surface area contributed by atoms with Gasteiger partial charge in [-0.3, -0.25) is 4.79 Å². The summed E-state index contributed by atoms with van der Waals surface area (Å²) in [5.41, 5.74) is 1.38. The molecular formula is C17H13Cl3O3. The third-order valence-electron chi connectivity index (χ3n) is 3.28. The molecule has 0 amide bonds. The van der Waals surface area contributed by atoms with E-state index in [-0.39, 0.29) is 27.8 Å². The molecule has 0 aliphatic rings. The number of carbonyl (C=O) groups excluding carboxylic acids is 2. The molecule has 6 heteroatoms. The minimum Gasteiger partial charge on any atom is -0.465 e. The molecular weight excluding hydrogens is 359 g/mol. The van der Waals surface area contributed by atoms with E-state index in [1.165, 1.54) is 19.2 Å². The molecule has 0 aliphatic heterocycles. The van der Waals surface area contributed by atoms with E-state index >= 15 is 0 Å². The lowest BCUT2D eigenvalue weighted by Crippen LogP contribution is -2.07. The van der Waals surface area contributed by atoms with Crippen LogP contribution in [0, 0.1) is 0 Å². The lowest BCUT2D eigenvalue weighted by Gasteiger charge is -2.08. The number of esters is 1. The normalized spacial score (nSPS) is 10.4. The Bertz CT molecular complexity index is 733. The summed E-state index contributed by atoms with van der Waals surface area (Å²) in [5.74, 6) is -0.761. The Kier molecular flexibility index (Phi) is 6.05. The Hall–Kier alpha value is -1.55. The van der Waals surface area contributed by atoms with Gasteiger partial charge in [0.15, 0.2) is 5.78 Å². The zero-order valence-electron chi connectivity index (χ0n) is 12.2. The lowest BCUT2D eigenvalue weighted by molar-refractivity contribution is 0.0600. The van der Waals surface area contributed by atoms with Gasteiger partial charge in [0.2, 0.25) is 0 Å². The first-order chi connectivity index (χ1) is 10.9. The van der Waals surface area contributed by atoms with Crippen molar-refractivity contribution in [1.29, 1.82) is 0 Å². The number of ketones is 1. The molecule has 0 unspecified atom stereocenters. The second-order valence-electron chi connectivity index (χ2n) is 4.86. The summed E-state index contributed by atoms with van der Waals surface area (Å²) in [6.45, 7) is 0. The van der Waals surface area contributed by atoms with Crippen molar-refractivity contribution < 1.29 is 14.3 Å². The molecule has 0 N–H and O–H groups in total. The molecule has 0 saturated heterocycles. The van der Waals surface area contributed by atoms with Crippen LogP contribution in [0.15, 0.2) is 36.4 Å². The van der Waals surface area contributed by atoms with Crippen LogP contribution in [0.25, 0.3) is 0 Å². The number of methoxy groups -OCH3 is 1. The van der Waals surface area contributed by atoms with Crippen LogP contribution in [-0.2, 0) is 11.2 Å². The predicted molar refractivity (Wildman–Crippen MR) is 91.9 cm³/mol. The van der Waals surface area contributed by atoms with Crippen molar-refractivity contribution in [2.24, 2.45) is 0 Å². The zero-order valence-corrected chi connectivity index (χ0v) is 14.5. The van der Waals surface area contributed by atoms with Gasteiger partial charge in [0.25, 0.3) is 0 Å². The average molecular weight is 372 g/mol. The largest absolute Gasteiger partial charge is 0.465 e. The van der Waals surface area contributed by atoms with E-state index in [1.807, 2.05) is 18.2 Å². The van der Waals surface area contributed by atoms with Crippen molar-refractivity contribution in [2.75, 3.05) is 7.11 Å². The van der Waals surface area contributed by atoms with Gasteiger partial charge in [0.1, 0.15) is 0 Å². The van der Waals surface area contributed by atoms with Crippen LogP contribution in [0.4, 0.5) is 0 Å². The van der Waals surface area contributed by atoms with E-state index in [4.69, 9.17) is 34.8 Å². The average Bonchev–Trinajstić information content (AvgIpc) is 2.51. The Morgan fingerprint density at radius 3 is 2.26 bits per heavy atom. The summed E-state index contributed by atoms with van der Waals surface area (Å²) in [4.78, 5) is 23.9. The first-order valence-electron chi connectivity index (χ1n) is 6.77. The van der Waals surface area contributed by atoms with E-state index < -0.39 is 5.97 Å². The van der Waals surface area contributed by atoms with Gasteiger partial charge in [-0.1, -0.05) is 46.9 Å². The highest BCUT2D eigenvalue weighted by Crippen LogP contribution is 2.28. The van der Waals surface area contributed by atoms with Gasteiger partial charge < -0.3 is 4.74 Å². The maximum absolute atomic E-state index is 12.3. The standard InChI is InChI=1S/C17H13Cl3O3/c1-23-17(22)16-13(19)8-11(9-14(16)20)15(21)6-5-10-3-2-4-12(18)7-10/h2-4,7-9H,5-6H2,1H3. The van der Waals surface area contributed by atoms with Crippen molar-refractivity contribution in [3.63, 3.8) is 0 Å². The van der Waals surface area contributed by atoms with E-state index in [1.54, 1.807) is 6.07 Å². The summed E-state index contributed by atoms with van der Waals surface area (Å²) < 4.78 is 4.61. The summed E-state index contributed by atoms with van der Waals surface area (Å²) in [7, 11) is 1.24. The first kappa shape index (κ1) is 17.8. The molecule has 23 heavy (non-hydrogen) atoms. The Morgan fingerprint density at radius 2 is 1.70 bits per heavy atom. The van der Waals surface area contributed by atoms with Crippen molar-refractivity contribution in [3.05, 3.63) is 68.2 Å². The Labute approximate surface area is 149 Å². The fourth-order valence-electron chi connectivity index (χ4n) is 2.13. The van der Waals surface area contributed by atoms with Crippen LogP contribution in [0.3, 0.4) is 0 Å². The van der Waals surface area contributed by atoms with E-state index in [0.29, 0.717) is 17.0 Å². The molecule has 0 bridgehead atoms. The van der Waals surface area contributed by atoms with Gasteiger partial charge in [-0.25, -0.2) is 4.79 Å². The topological polar surface area (TPSA) is 43.4 Å². The van der Waals surface area contributed by atoms with Gasteiger partial charge in [0, 0.05) is 17.0 Å². The molecule has 0 atom stereocenters. The van der Waals surface area contributed by atoms with Gasteiger partial charge in [-0.2, -0.15) is 0 Å². The SMILES string of the molecule is COC(=O)c1c(Cl)cc(C(=O)CCc2cccc(Cl)c2)cc1Cl. The Balaban J connectivity index is 2.15. The summed E-state index contributed by atoms with van der Waals surface area (Å²) >= 11 is 18.0. The number of halogens is 3. The molecule has 2 aromatic rings. The van der Waals surface area contributed by atoms with Gasteiger partial charge in [-0.05, 0) is 36.2 Å². The summed E-state index contributed by atoms with van der Waals surface area (Å²) in [6.07, 6.45) is 0.831. The molecule has 0 fully saturated rings. The molecule has 0 aromatic heterocycles. The second-order valence-corrected chi connectivity index (χ2v) is 6.11. The van der Waals surface area contributed by atoms with Crippen molar-refractivity contribution in [3.8, 4) is 0 Å². The second kappa shape index (κ2) is 7.82. The van der Waals surface area contributed by atoms with E-state index in [0.717, 1.165) is 5.56 Å². The van der Waals surface area contributed by atoms with E-state index in [9.17, 15) is 9.59 Å². The molecule has 0 heterocycles. The van der Waals surface area contributed by atoms with Gasteiger partial charge in [0.05, 0.1) is 22.7 Å². The highest BCUT2D eigenvalue weighted by Gasteiger charge is 2.18. The number of Topliss-reactive ketones (excluding diaryl/α,β-unsaturated/α-hetero) is 1. The van der Waals surface area contributed by atoms with Crippen molar-refractivity contribution in [2.45, 2.75) is 12.8 Å². The van der Waals surface area contributed by atoms with Gasteiger partial charge in [-0.15, -0.1) is 0 Å². The van der Waals surface area contributed by atoms with Crippen LogP contribution < -0.4 is 0 Å². The van der Waals surface area contributed by atoms with Crippen molar-refractivity contribution in [1.82, 2.24) is 0 Å². The van der Waals surface area contributed by atoms with Crippen LogP contribution in [0.5, 0.6) is 0 Å². The first-order valence-corrected chi connectivity index (χ1v) is 7.90. The molecule has 0 spiro atoms. The predicted octanol–water partition coefficient (Wildman–Crippen LogP) is 5.25. The third-order valence-corrected chi connectivity index (χ3v) is 4.11. The van der Waals surface area contributed by atoms with E-state index in [2.05, 4.69) is 4.74 Å². The number of hydrogen-bond donors (Lipinski definition) is 0. The molecule has 120 valence electrons. The Morgan fingerprint density at radius 1 is 1.04 bits per heavy atom. The zero-order chi connectivity index (χ0) is 17.0. The van der Waals surface area contributed by atoms with Crippen LogP contribution in [-0.4, -0.2) is 18.9 Å². The highest BCUT2D eigenvalue weighted by molar-refractivity contribution is 6.39. The third kappa shape index (κ3) is 4.47. The number of aryl methyl sites for hydroxylation is 1. The summed E-state index contributed by atoms with van der Waals surface area (Å²) in [6, 6.07) is 10.2. The van der Waals surface area contributed by atoms with Crippen LogP contribution >= 0.6 is 34.8 Å².